The zero-order valence-corrected chi connectivity index (χ0v) is 11.1. The van der Waals surface area contributed by atoms with Crippen molar-refractivity contribution in [2.24, 2.45) is 0 Å². The van der Waals surface area contributed by atoms with E-state index in [1.165, 1.54) is 17.2 Å². The van der Waals surface area contributed by atoms with Gasteiger partial charge in [-0.3, -0.25) is 0 Å². The van der Waals surface area contributed by atoms with Crippen LogP contribution in [0.15, 0.2) is 42.5 Å². The lowest BCUT2D eigenvalue weighted by molar-refractivity contribution is 0.623. The molecule has 0 radical (unpaired) electrons. The Labute approximate surface area is 112 Å². The van der Waals surface area contributed by atoms with E-state index in [0.717, 1.165) is 5.56 Å². The molecule has 0 saturated heterocycles. The normalized spacial score (nSPS) is 12.4. The van der Waals surface area contributed by atoms with Crippen LogP contribution in [0.2, 0.25) is 5.02 Å². The highest BCUT2D eigenvalue weighted by molar-refractivity contribution is 6.30. The van der Waals surface area contributed by atoms with Crippen LogP contribution < -0.4 is 5.32 Å². The second-order valence-corrected chi connectivity index (χ2v) is 4.66. The SMILES string of the molecule is CNC(c1ccc(F)c(Cl)c1)c1ccccc1C. The van der Waals surface area contributed by atoms with Gasteiger partial charge < -0.3 is 5.32 Å². The van der Waals surface area contributed by atoms with Crippen molar-refractivity contribution < 1.29 is 4.39 Å². The van der Waals surface area contributed by atoms with Crippen molar-refractivity contribution in [3.05, 3.63) is 70.0 Å². The fourth-order valence-corrected chi connectivity index (χ4v) is 2.29. The molecule has 94 valence electrons. The quantitative estimate of drug-likeness (QED) is 0.879. The van der Waals surface area contributed by atoms with Crippen molar-refractivity contribution in [1.82, 2.24) is 5.32 Å². The van der Waals surface area contributed by atoms with Gasteiger partial charge in [-0.1, -0.05) is 41.9 Å². The Hall–Kier alpha value is -1.38. The number of hydrogen-bond donors (Lipinski definition) is 1. The monoisotopic (exact) mass is 263 g/mol. The summed E-state index contributed by atoms with van der Waals surface area (Å²) in [5.41, 5.74) is 3.32. The molecule has 0 amide bonds. The average molecular weight is 264 g/mol. The summed E-state index contributed by atoms with van der Waals surface area (Å²) >= 11 is 5.84. The molecule has 0 aliphatic carbocycles. The van der Waals surface area contributed by atoms with E-state index in [1.807, 2.05) is 19.2 Å². The van der Waals surface area contributed by atoms with Crippen LogP contribution in [0.3, 0.4) is 0 Å². The first-order chi connectivity index (χ1) is 8.63. The molecule has 0 spiro atoms. The fraction of sp³-hybridized carbons (Fsp3) is 0.200. The average Bonchev–Trinajstić information content (AvgIpc) is 2.37. The van der Waals surface area contributed by atoms with E-state index in [4.69, 9.17) is 11.6 Å². The number of nitrogens with one attached hydrogen (secondary N) is 1. The van der Waals surface area contributed by atoms with Gasteiger partial charge in [0.05, 0.1) is 11.1 Å². The van der Waals surface area contributed by atoms with Gasteiger partial charge in [-0.15, -0.1) is 0 Å². The van der Waals surface area contributed by atoms with Crippen LogP contribution >= 0.6 is 11.6 Å². The maximum absolute atomic E-state index is 13.2. The summed E-state index contributed by atoms with van der Waals surface area (Å²) in [6, 6.07) is 13.0. The Morgan fingerprint density at radius 2 is 1.89 bits per heavy atom. The summed E-state index contributed by atoms with van der Waals surface area (Å²) in [4.78, 5) is 0. The second kappa shape index (κ2) is 5.51. The summed E-state index contributed by atoms with van der Waals surface area (Å²) in [6.07, 6.45) is 0. The lowest BCUT2D eigenvalue weighted by Crippen LogP contribution is -2.18. The molecule has 0 saturated carbocycles. The maximum atomic E-state index is 13.2. The molecule has 2 aromatic carbocycles. The summed E-state index contributed by atoms with van der Waals surface area (Å²) in [5, 5.41) is 3.40. The van der Waals surface area contributed by atoms with Crippen LogP contribution in [-0.2, 0) is 0 Å². The number of hydrogen-bond acceptors (Lipinski definition) is 1. The van der Waals surface area contributed by atoms with Crippen LogP contribution in [0.5, 0.6) is 0 Å². The third-order valence-corrected chi connectivity index (χ3v) is 3.35. The Bertz CT molecular complexity index is 554. The molecule has 0 aliphatic rings. The smallest absolute Gasteiger partial charge is 0.141 e. The molecule has 1 unspecified atom stereocenters. The minimum absolute atomic E-state index is 0.0179. The third kappa shape index (κ3) is 2.55. The van der Waals surface area contributed by atoms with Gasteiger partial charge in [0.1, 0.15) is 5.82 Å². The Morgan fingerprint density at radius 1 is 1.17 bits per heavy atom. The number of aryl methyl sites for hydroxylation is 1. The molecule has 3 heteroatoms. The number of rotatable bonds is 3. The van der Waals surface area contributed by atoms with Crippen molar-refractivity contribution >= 4 is 11.6 Å². The van der Waals surface area contributed by atoms with Crippen LogP contribution in [0.25, 0.3) is 0 Å². The van der Waals surface area contributed by atoms with Crippen LogP contribution in [0, 0.1) is 12.7 Å². The minimum atomic E-state index is -0.389. The maximum Gasteiger partial charge on any atom is 0.141 e. The third-order valence-electron chi connectivity index (χ3n) is 3.07. The highest BCUT2D eigenvalue weighted by Crippen LogP contribution is 2.27. The van der Waals surface area contributed by atoms with Gasteiger partial charge in [0, 0.05) is 0 Å². The van der Waals surface area contributed by atoms with E-state index >= 15 is 0 Å². The topological polar surface area (TPSA) is 12.0 Å². The highest BCUT2D eigenvalue weighted by atomic mass is 35.5. The lowest BCUT2D eigenvalue weighted by atomic mass is 9.95. The van der Waals surface area contributed by atoms with Crippen molar-refractivity contribution in [3.8, 4) is 0 Å². The molecule has 0 aromatic heterocycles. The van der Waals surface area contributed by atoms with E-state index in [2.05, 4.69) is 24.4 Å². The predicted molar refractivity (Wildman–Crippen MR) is 73.5 cm³/mol. The zero-order valence-electron chi connectivity index (χ0n) is 10.4. The molecule has 2 aromatic rings. The van der Waals surface area contributed by atoms with Gasteiger partial charge in [-0.25, -0.2) is 4.39 Å². The van der Waals surface area contributed by atoms with Crippen molar-refractivity contribution in [2.45, 2.75) is 13.0 Å². The number of halogens is 2. The Balaban J connectivity index is 2.45. The molecule has 18 heavy (non-hydrogen) atoms. The Morgan fingerprint density at radius 3 is 2.50 bits per heavy atom. The molecular weight excluding hydrogens is 249 g/mol. The predicted octanol–water partition coefficient (Wildman–Crippen LogP) is 4.10. The minimum Gasteiger partial charge on any atom is -0.309 e. The van der Waals surface area contributed by atoms with Gasteiger partial charge in [0.15, 0.2) is 0 Å². The first kappa shape index (κ1) is 13.1. The van der Waals surface area contributed by atoms with Crippen molar-refractivity contribution in [1.29, 1.82) is 0 Å². The molecule has 1 N–H and O–H groups in total. The van der Waals surface area contributed by atoms with Crippen molar-refractivity contribution in [3.63, 3.8) is 0 Å². The zero-order chi connectivity index (χ0) is 13.1. The molecule has 1 atom stereocenters. The van der Waals surface area contributed by atoms with Crippen LogP contribution in [-0.4, -0.2) is 7.05 Å². The van der Waals surface area contributed by atoms with Gasteiger partial charge >= 0.3 is 0 Å². The summed E-state index contributed by atoms with van der Waals surface area (Å²) in [6.45, 7) is 2.06. The van der Waals surface area contributed by atoms with Gasteiger partial charge in [-0.2, -0.15) is 0 Å². The van der Waals surface area contributed by atoms with E-state index in [9.17, 15) is 4.39 Å². The van der Waals surface area contributed by atoms with E-state index in [1.54, 1.807) is 12.1 Å². The standard InChI is InChI=1S/C15H15ClFN/c1-10-5-3-4-6-12(10)15(18-2)11-7-8-14(17)13(16)9-11/h3-9,15,18H,1-2H3. The summed E-state index contributed by atoms with van der Waals surface area (Å²) < 4.78 is 13.2. The summed E-state index contributed by atoms with van der Waals surface area (Å²) in [7, 11) is 1.88. The first-order valence-corrected chi connectivity index (χ1v) is 6.19. The van der Waals surface area contributed by atoms with Gasteiger partial charge in [-0.05, 0) is 42.8 Å². The van der Waals surface area contributed by atoms with E-state index in [0.29, 0.717) is 0 Å². The van der Waals surface area contributed by atoms with Crippen LogP contribution in [0.1, 0.15) is 22.7 Å². The lowest BCUT2D eigenvalue weighted by Gasteiger charge is -2.19. The van der Waals surface area contributed by atoms with Gasteiger partial charge in [0.2, 0.25) is 0 Å². The first-order valence-electron chi connectivity index (χ1n) is 5.81. The van der Waals surface area contributed by atoms with Gasteiger partial charge in [0.25, 0.3) is 0 Å². The second-order valence-electron chi connectivity index (χ2n) is 4.25. The van der Waals surface area contributed by atoms with Crippen molar-refractivity contribution in [2.75, 3.05) is 7.05 Å². The Kier molecular flexibility index (Phi) is 4.00. The fourth-order valence-electron chi connectivity index (χ4n) is 2.10. The molecule has 0 bridgehead atoms. The molecule has 0 heterocycles. The highest BCUT2D eigenvalue weighted by Gasteiger charge is 2.15. The van der Waals surface area contributed by atoms with Crippen LogP contribution in [0.4, 0.5) is 4.39 Å². The molecule has 0 fully saturated rings. The largest absolute Gasteiger partial charge is 0.309 e. The van der Waals surface area contributed by atoms with E-state index in [-0.39, 0.29) is 16.9 Å². The number of benzene rings is 2. The molecule has 0 aliphatic heterocycles. The molecule has 2 rings (SSSR count). The molecular formula is C15H15ClFN. The molecule has 1 nitrogen and oxygen atoms in total. The van der Waals surface area contributed by atoms with E-state index < -0.39 is 0 Å². The summed E-state index contributed by atoms with van der Waals surface area (Å²) in [5.74, 6) is -0.389.